The van der Waals surface area contributed by atoms with E-state index in [0.29, 0.717) is 34.5 Å². The van der Waals surface area contributed by atoms with Crippen LogP contribution < -0.4 is 0 Å². The number of nitrogens with zero attached hydrogens (tertiary/aromatic N) is 4. The molecule has 0 atom stereocenters. The number of fused-ring (bicyclic) bond motifs is 1. The molecule has 4 aromatic rings. The molecule has 0 spiro atoms. The zero-order valence-electron chi connectivity index (χ0n) is 17.1. The van der Waals surface area contributed by atoms with Gasteiger partial charge in [-0.25, -0.2) is 24.2 Å². The van der Waals surface area contributed by atoms with Gasteiger partial charge in [0, 0.05) is 17.5 Å². The number of carbonyl (C=O) groups is 2. The van der Waals surface area contributed by atoms with E-state index in [9.17, 15) is 9.59 Å². The Balaban J connectivity index is 1.61. The van der Waals surface area contributed by atoms with Crippen LogP contribution in [0.1, 0.15) is 39.7 Å². The van der Waals surface area contributed by atoms with E-state index in [1.165, 1.54) is 0 Å². The van der Waals surface area contributed by atoms with E-state index in [4.69, 9.17) is 14.5 Å². The average Bonchev–Trinajstić information content (AvgIpc) is 3.44. The molecule has 9 heteroatoms. The number of carbonyl (C=O) groups excluding carboxylic acids is 2. The van der Waals surface area contributed by atoms with Crippen molar-refractivity contribution in [3.05, 3.63) is 64.2 Å². The standard InChI is InChI=1S/C22H20N4O4S/c1-3-26-19-17(11-23-26)16(10-18(25-19)14-8-6-5-7-9-14)21(27)30-12-15-13-31-20(24-15)22(28)29-4-2/h5-11,13H,3-4,12H2,1-2H3. The quantitative estimate of drug-likeness (QED) is 0.402. The van der Waals surface area contributed by atoms with Gasteiger partial charge in [-0.05, 0) is 19.9 Å². The van der Waals surface area contributed by atoms with E-state index >= 15 is 0 Å². The molecule has 3 heterocycles. The van der Waals surface area contributed by atoms with Crippen molar-refractivity contribution in [2.24, 2.45) is 0 Å². The van der Waals surface area contributed by atoms with Crippen LogP contribution in [0.15, 0.2) is 48.0 Å². The molecule has 1 aromatic carbocycles. The van der Waals surface area contributed by atoms with Crippen LogP contribution in [-0.4, -0.2) is 38.3 Å². The minimum Gasteiger partial charge on any atom is -0.461 e. The monoisotopic (exact) mass is 436 g/mol. The van der Waals surface area contributed by atoms with E-state index in [-0.39, 0.29) is 18.2 Å². The molecule has 0 N–H and O–H groups in total. The smallest absolute Gasteiger partial charge is 0.367 e. The molecule has 3 aromatic heterocycles. The first-order valence-corrected chi connectivity index (χ1v) is 10.7. The van der Waals surface area contributed by atoms with Crippen LogP contribution in [0.5, 0.6) is 0 Å². The van der Waals surface area contributed by atoms with Crippen LogP contribution in [0.2, 0.25) is 0 Å². The van der Waals surface area contributed by atoms with E-state index in [2.05, 4.69) is 10.1 Å². The Morgan fingerprint density at radius 2 is 1.87 bits per heavy atom. The maximum absolute atomic E-state index is 13.0. The van der Waals surface area contributed by atoms with Gasteiger partial charge in [0.15, 0.2) is 5.65 Å². The van der Waals surface area contributed by atoms with Gasteiger partial charge >= 0.3 is 11.9 Å². The molecule has 0 unspecified atom stereocenters. The lowest BCUT2D eigenvalue weighted by Gasteiger charge is -2.08. The van der Waals surface area contributed by atoms with E-state index in [0.717, 1.165) is 16.9 Å². The number of ether oxygens (including phenoxy) is 2. The Morgan fingerprint density at radius 1 is 1.06 bits per heavy atom. The second kappa shape index (κ2) is 9.05. The lowest BCUT2D eigenvalue weighted by atomic mass is 10.1. The first-order valence-electron chi connectivity index (χ1n) is 9.81. The van der Waals surface area contributed by atoms with Gasteiger partial charge in [-0.1, -0.05) is 30.3 Å². The van der Waals surface area contributed by atoms with Crippen molar-refractivity contribution in [1.29, 1.82) is 0 Å². The first kappa shape index (κ1) is 20.7. The normalized spacial score (nSPS) is 10.9. The highest BCUT2D eigenvalue weighted by Gasteiger charge is 2.19. The Labute approximate surface area is 182 Å². The molecule has 0 bridgehead atoms. The van der Waals surface area contributed by atoms with Crippen LogP contribution in [0.25, 0.3) is 22.3 Å². The fourth-order valence-electron chi connectivity index (χ4n) is 3.08. The van der Waals surface area contributed by atoms with Crippen molar-refractivity contribution in [2.45, 2.75) is 27.0 Å². The van der Waals surface area contributed by atoms with Crippen LogP contribution in [-0.2, 0) is 22.6 Å². The molecule has 0 saturated heterocycles. The predicted octanol–water partition coefficient (Wildman–Crippen LogP) is 4.11. The van der Waals surface area contributed by atoms with Gasteiger partial charge in [0.05, 0.1) is 35.1 Å². The molecule has 0 saturated carbocycles. The molecule has 0 aliphatic rings. The SMILES string of the molecule is CCOC(=O)c1nc(COC(=O)c2cc(-c3ccccc3)nc3c2cnn3CC)cs1. The summed E-state index contributed by atoms with van der Waals surface area (Å²) in [6.45, 7) is 4.54. The van der Waals surface area contributed by atoms with Gasteiger partial charge < -0.3 is 9.47 Å². The summed E-state index contributed by atoms with van der Waals surface area (Å²) in [4.78, 5) is 33.6. The topological polar surface area (TPSA) is 96.2 Å². The lowest BCUT2D eigenvalue weighted by Crippen LogP contribution is -2.08. The Bertz CT molecular complexity index is 1230. The summed E-state index contributed by atoms with van der Waals surface area (Å²) in [5.74, 6) is -0.994. The largest absolute Gasteiger partial charge is 0.461 e. The summed E-state index contributed by atoms with van der Waals surface area (Å²) in [5, 5.41) is 6.86. The van der Waals surface area contributed by atoms with Crippen LogP contribution in [0.3, 0.4) is 0 Å². The predicted molar refractivity (Wildman–Crippen MR) is 116 cm³/mol. The second-order valence-electron chi connectivity index (χ2n) is 6.56. The Kier molecular flexibility index (Phi) is 6.03. The molecule has 0 aliphatic heterocycles. The number of aromatic nitrogens is 4. The Morgan fingerprint density at radius 3 is 2.61 bits per heavy atom. The van der Waals surface area contributed by atoms with E-state index < -0.39 is 11.9 Å². The number of hydrogen-bond acceptors (Lipinski definition) is 8. The van der Waals surface area contributed by atoms with Crippen LogP contribution >= 0.6 is 11.3 Å². The molecular weight excluding hydrogens is 416 g/mol. The third kappa shape index (κ3) is 4.31. The third-order valence-electron chi connectivity index (χ3n) is 4.55. The minimum absolute atomic E-state index is 0.0544. The van der Waals surface area contributed by atoms with Gasteiger partial charge in [0.25, 0.3) is 0 Å². The van der Waals surface area contributed by atoms with Gasteiger partial charge in [-0.2, -0.15) is 5.10 Å². The number of aryl methyl sites for hydroxylation is 1. The van der Waals surface area contributed by atoms with Crippen molar-refractivity contribution < 1.29 is 19.1 Å². The number of rotatable bonds is 7. The van der Waals surface area contributed by atoms with Crippen molar-refractivity contribution >= 4 is 34.3 Å². The molecule has 0 radical (unpaired) electrons. The average molecular weight is 436 g/mol. The maximum Gasteiger partial charge on any atom is 0.367 e. The highest BCUT2D eigenvalue weighted by Crippen LogP contribution is 2.26. The summed E-state index contributed by atoms with van der Waals surface area (Å²) < 4.78 is 12.2. The van der Waals surface area contributed by atoms with E-state index in [1.54, 1.807) is 29.2 Å². The number of esters is 2. The Hall–Kier alpha value is -3.59. The van der Waals surface area contributed by atoms with Gasteiger partial charge in [-0.15, -0.1) is 11.3 Å². The summed E-state index contributed by atoms with van der Waals surface area (Å²) in [6.07, 6.45) is 1.62. The number of pyridine rings is 1. The van der Waals surface area contributed by atoms with Crippen LogP contribution in [0.4, 0.5) is 0 Å². The third-order valence-corrected chi connectivity index (χ3v) is 5.42. The lowest BCUT2D eigenvalue weighted by molar-refractivity contribution is 0.0470. The molecule has 31 heavy (non-hydrogen) atoms. The maximum atomic E-state index is 13.0. The fourth-order valence-corrected chi connectivity index (χ4v) is 3.78. The van der Waals surface area contributed by atoms with E-state index in [1.807, 2.05) is 37.3 Å². The number of thiazole rings is 1. The highest BCUT2D eigenvalue weighted by molar-refractivity contribution is 7.11. The first-order chi connectivity index (χ1) is 15.1. The van der Waals surface area contributed by atoms with Gasteiger partial charge in [-0.3, -0.25) is 0 Å². The molecule has 0 aliphatic carbocycles. The zero-order valence-corrected chi connectivity index (χ0v) is 17.9. The van der Waals surface area contributed by atoms with Gasteiger partial charge in [0.1, 0.15) is 6.61 Å². The molecule has 0 fully saturated rings. The van der Waals surface area contributed by atoms with Gasteiger partial charge in [0.2, 0.25) is 5.01 Å². The van der Waals surface area contributed by atoms with Crippen LogP contribution in [0, 0.1) is 0 Å². The summed E-state index contributed by atoms with van der Waals surface area (Å²) in [7, 11) is 0. The number of benzene rings is 1. The molecule has 158 valence electrons. The molecular formula is C22H20N4O4S. The molecule has 4 rings (SSSR count). The molecule has 0 amide bonds. The zero-order chi connectivity index (χ0) is 21.8. The van der Waals surface area contributed by atoms with Crippen molar-refractivity contribution in [1.82, 2.24) is 19.7 Å². The second-order valence-corrected chi connectivity index (χ2v) is 7.42. The number of hydrogen-bond donors (Lipinski definition) is 0. The van der Waals surface area contributed by atoms with Crippen molar-refractivity contribution in [3.8, 4) is 11.3 Å². The minimum atomic E-state index is -0.508. The summed E-state index contributed by atoms with van der Waals surface area (Å²) in [6, 6.07) is 11.3. The summed E-state index contributed by atoms with van der Waals surface area (Å²) in [5.41, 5.74) is 3.03. The fraction of sp³-hybridized carbons (Fsp3) is 0.227. The van der Waals surface area contributed by atoms with Crippen molar-refractivity contribution in [2.75, 3.05) is 6.61 Å². The summed E-state index contributed by atoms with van der Waals surface area (Å²) >= 11 is 1.15. The van der Waals surface area contributed by atoms with Crippen molar-refractivity contribution in [3.63, 3.8) is 0 Å². The highest BCUT2D eigenvalue weighted by atomic mass is 32.1. The molecule has 8 nitrogen and oxygen atoms in total.